The Hall–Kier alpha value is -3.73. The molecule has 0 bridgehead atoms. The lowest BCUT2D eigenvalue weighted by Gasteiger charge is -2.09. The van der Waals surface area contributed by atoms with Gasteiger partial charge in [-0.3, -0.25) is 4.79 Å². The molecule has 0 aliphatic rings. The van der Waals surface area contributed by atoms with Gasteiger partial charge in [0.05, 0.1) is 5.69 Å². The summed E-state index contributed by atoms with van der Waals surface area (Å²) in [6, 6.07) is 20.1. The number of hydrogen-bond acceptors (Lipinski definition) is 3. The van der Waals surface area contributed by atoms with Gasteiger partial charge in [-0.25, -0.2) is 9.67 Å². The highest BCUT2D eigenvalue weighted by molar-refractivity contribution is 6.02. The smallest absolute Gasteiger partial charge is 0.295 e. The minimum absolute atomic E-state index is 0.136. The van der Waals surface area contributed by atoms with Crippen molar-refractivity contribution in [1.29, 1.82) is 0 Å². The molecule has 5 nitrogen and oxygen atoms in total. The second-order valence-corrected chi connectivity index (χ2v) is 8.03. The zero-order valence-corrected chi connectivity index (χ0v) is 18.5. The molecule has 4 aromatic rings. The normalized spacial score (nSPS) is 10.9. The van der Waals surface area contributed by atoms with E-state index in [0.717, 1.165) is 39.2 Å². The number of anilines is 1. The zero-order valence-electron chi connectivity index (χ0n) is 18.5. The number of rotatable bonds is 4. The predicted molar refractivity (Wildman–Crippen MR) is 125 cm³/mol. The number of nitrogens with one attached hydrogen (secondary N) is 1. The Morgan fingerprint density at radius 1 is 0.806 bits per heavy atom. The van der Waals surface area contributed by atoms with Gasteiger partial charge in [0.25, 0.3) is 5.91 Å². The van der Waals surface area contributed by atoms with Gasteiger partial charge in [-0.05, 0) is 69.0 Å². The van der Waals surface area contributed by atoms with E-state index in [-0.39, 0.29) is 11.7 Å². The summed E-state index contributed by atoms with van der Waals surface area (Å²) in [6.07, 6.45) is 0. The van der Waals surface area contributed by atoms with Gasteiger partial charge in [-0.2, -0.15) is 0 Å². The molecule has 31 heavy (non-hydrogen) atoms. The number of aromatic nitrogens is 3. The van der Waals surface area contributed by atoms with E-state index in [9.17, 15) is 4.79 Å². The molecule has 3 aromatic carbocycles. The minimum atomic E-state index is -0.326. The molecule has 156 valence electrons. The van der Waals surface area contributed by atoms with Crippen LogP contribution in [-0.2, 0) is 0 Å². The topological polar surface area (TPSA) is 59.8 Å². The summed E-state index contributed by atoms with van der Waals surface area (Å²) in [6.45, 7) is 10.1. The van der Waals surface area contributed by atoms with Gasteiger partial charge >= 0.3 is 0 Å². The largest absolute Gasteiger partial charge is 0.319 e. The van der Waals surface area contributed by atoms with Gasteiger partial charge in [0.1, 0.15) is 0 Å². The standard InChI is InChI=1S/C26H26N4O/c1-16-9-12-21(13-10-16)25-28-24(26(31)27-23-18(3)7-6-8-19(23)4)29-30(25)22-14-11-17(2)20(5)15-22/h6-15H,1-5H3,(H,27,31). The van der Waals surface area contributed by atoms with Gasteiger partial charge in [0.2, 0.25) is 5.82 Å². The number of carbonyl (C=O) groups is 1. The summed E-state index contributed by atoms with van der Waals surface area (Å²) in [5, 5.41) is 7.59. The van der Waals surface area contributed by atoms with E-state index in [2.05, 4.69) is 41.4 Å². The Balaban J connectivity index is 1.80. The lowest BCUT2D eigenvalue weighted by Crippen LogP contribution is -2.16. The van der Waals surface area contributed by atoms with Gasteiger partial charge in [-0.15, -0.1) is 5.10 Å². The third kappa shape index (κ3) is 4.12. The number of carbonyl (C=O) groups excluding carboxylic acids is 1. The van der Waals surface area contributed by atoms with E-state index in [1.165, 1.54) is 5.56 Å². The molecule has 0 radical (unpaired) electrons. The molecule has 0 saturated carbocycles. The molecule has 0 saturated heterocycles. The molecule has 0 spiro atoms. The molecular weight excluding hydrogens is 384 g/mol. The number of hydrogen-bond donors (Lipinski definition) is 1. The van der Waals surface area contributed by atoms with Gasteiger partial charge in [-0.1, -0.05) is 54.1 Å². The quantitative estimate of drug-likeness (QED) is 0.467. The fourth-order valence-electron chi connectivity index (χ4n) is 3.52. The second-order valence-electron chi connectivity index (χ2n) is 8.03. The highest BCUT2D eigenvalue weighted by Crippen LogP contribution is 2.24. The fraction of sp³-hybridized carbons (Fsp3) is 0.192. The van der Waals surface area contributed by atoms with E-state index in [0.29, 0.717) is 5.82 Å². The third-order valence-corrected chi connectivity index (χ3v) is 5.57. The molecular formula is C26H26N4O. The van der Waals surface area contributed by atoms with E-state index >= 15 is 0 Å². The van der Waals surface area contributed by atoms with Crippen molar-refractivity contribution in [3.63, 3.8) is 0 Å². The molecule has 5 heteroatoms. The third-order valence-electron chi connectivity index (χ3n) is 5.57. The lowest BCUT2D eigenvalue weighted by atomic mass is 10.1. The SMILES string of the molecule is Cc1ccc(-c2nc(C(=O)Nc3c(C)cccc3C)nn2-c2ccc(C)c(C)c2)cc1. The van der Waals surface area contributed by atoms with E-state index in [1.807, 2.05) is 69.3 Å². The molecule has 0 aliphatic heterocycles. The first-order valence-corrected chi connectivity index (χ1v) is 10.3. The number of aryl methyl sites for hydroxylation is 5. The first-order chi connectivity index (χ1) is 14.8. The Morgan fingerprint density at radius 3 is 2.13 bits per heavy atom. The minimum Gasteiger partial charge on any atom is -0.319 e. The van der Waals surface area contributed by atoms with E-state index in [1.54, 1.807) is 4.68 Å². The van der Waals surface area contributed by atoms with E-state index in [4.69, 9.17) is 0 Å². The average Bonchev–Trinajstić information content (AvgIpc) is 3.19. The predicted octanol–water partition coefficient (Wildman–Crippen LogP) is 5.73. The molecule has 1 heterocycles. The number of nitrogens with zero attached hydrogens (tertiary/aromatic N) is 3. The lowest BCUT2D eigenvalue weighted by molar-refractivity contribution is 0.101. The molecule has 0 fully saturated rings. The van der Waals surface area contributed by atoms with E-state index < -0.39 is 0 Å². The molecule has 0 aliphatic carbocycles. The van der Waals surface area contributed by atoms with Crippen molar-refractivity contribution in [2.24, 2.45) is 0 Å². The maximum atomic E-state index is 13.1. The van der Waals surface area contributed by atoms with Crippen LogP contribution in [0.15, 0.2) is 60.7 Å². The average molecular weight is 411 g/mol. The van der Waals surface area contributed by atoms with Crippen LogP contribution in [0.2, 0.25) is 0 Å². The van der Waals surface area contributed by atoms with Gasteiger partial charge in [0.15, 0.2) is 5.82 Å². The Bertz CT molecular complexity index is 1250. The summed E-state index contributed by atoms with van der Waals surface area (Å²) in [7, 11) is 0. The van der Waals surface area contributed by atoms with Crippen molar-refractivity contribution in [1.82, 2.24) is 14.8 Å². The van der Waals surface area contributed by atoms with Crippen LogP contribution in [0.1, 0.15) is 38.4 Å². The van der Waals surface area contributed by atoms with Crippen LogP contribution in [0.5, 0.6) is 0 Å². The second kappa shape index (κ2) is 8.19. The molecule has 0 unspecified atom stereocenters. The molecule has 4 rings (SSSR count). The highest BCUT2D eigenvalue weighted by Gasteiger charge is 2.20. The summed E-state index contributed by atoms with van der Waals surface area (Å²) in [4.78, 5) is 17.7. The summed E-state index contributed by atoms with van der Waals surface area (Å²) in [5.74, 6) is 0.444. The van der Waals surface area contributed by atoms with Crippen LogP contribution < -0.4 is 5.32 Å². The summed E-state index contributed by atoms with van der Waals surface area (Å²) >= 11 is 0. The Morgan fingerprint density at radius 2 is 1.48 bits per heavy atom. The van der Waals surface area contributed by atoms with Crippen molar-refractivity contribution in [2.75, 3.05) is 5.32 Å². The maximum Gasteiger partial charge on any atom is 0.295 e. The van der Waals surface area contributed by atoms with Crippen LogP contribution >= 0.6 is 0 Å². The first kappa shape index (κ1) is 20.5. The highest BCUT2D eigenvalue weighted by atomic mass is 16.2. The molecule has 1 amide bonds. The van der Waals surface area contributed by atoms with Crippen molar-refractivity contribution in [3.05, 3.63) is 94.3 Å². The zero-order chi connectivity index (χ0) is 22.1. The van der Waals surface area contributed by atoms with Crippen molar-refractivity contribution in [2.45, 2.75) is 34.6 Å². The van der Waals surface area contributed by atoms with Gasteiger partial charge < -0.3 is 5.32 Å². The van der Waals surface area contributed by atoms with Crippen molar-refractivity contribution >= 4 is 11.6 Å². The van der Waals surface area contributed by atoms with Crippen molar-refractivity contribution < 1.29 is 4.79 Å². The van der Waals surface area contributed by atoms with Crippen molar-refractivity contribution in [3.8, 4) is 17.1 Å². The molecule has 1 N–H and O–H groups in total. The maximum absolute atomic E-state index is 13.1. The number of benzene rings is 3. The molecule has 1 aromatic heterocycles. The van der Waals surface area contributed by atoms with Crippen LogP contribution in [0.3, 0.4) is 0 Å². The fourth-order valence-corrected chi connectivity index (χ4v) is 3.52. The summed E-state index contributed by atoms with van der Waals surface area (Å²) < 4.78 is 1.75. The Kier molecular flexibility index (Phi) is 5.42. The van der Waals surface area contributed by atoms with Crippen LogP contribution in [0, 0.1) is 34.6 Å². The Labute approximate surface area is 182 Å². The van der Waals surface area contributed by atoms with Crippen LogP contribution in [0.25, 0.3) is 17.1 Å². The molecule has 0 atom stereocenters. The monoisotopic (exact) mass is 410 g/mol. The summed E-state index contributed by atoms with van der Waals surface area (Å²) in [5.41, 5.74) is 8.10. The first-order valence-electron chi connectivity index (χ1n) is 10.3. The van der Waals surface area contributed by atoms with Gasteiger partial charge in [0, 0.05) is 11.3 Å². The van der Waals surface area contributed by atoms with Crippen LogP contribution in [0.4, 0.5) is 5.69 Å². The number of para-hydroxylation sites is 1. The van der Waals surface area contributed by atoms with Crippen LogP contribution in [-0.4, -0.2) is 20.7 Å². The number of amides is 1.